The van der Waals surface area contributed by atoms with Gasteiger partial charge in [0.2, 0.25) is 0 Å². The fourth-order valence-corrected chi connectivity index (χ4v) is 2.25. The number of aromatic nitrogens is 3. The Kier molecular flexibility index (Phi) is 2.51. The number of aryl methyl sites for hydroxylation is 1. The maximum atomic E-state index is 10.6. The third-order valence-corrected chi connectivity index (χ3v) is 3.13. The van der Waals surface area contributed by atoms with Crippen molar-refractivity contribution >= 4 is 17.3 Å². The zero-order valence-corrected chi connectivity index (χ0v) is 8.84. The summed E-state index contributed by atoms with van der Waals surface area (Å²) in [7, 11) is 0. The minimum atomic E-state index is -0.835. The van der Waals surface area contributed by atoms with Gasteiger partial charge in [-0.2, -0.15) is 5.10 Å². The lowest BCUT2D eigenvalue weighted by atomic mass is 10.3. The molecule has 0 fully saturated rings. The maximum Gasteiger partial charge on any atom is 0.308 e. The van der Waals surface area contributed by atoms with E-state index in [1.807, 2.05) is 13.0 Å². The monoisotopic (exact) mass is 223 g/mol. The molecule has 2 N–H and O–H groups in total. The summed E-state index contributed by atoms with van der Waals surface area (Å²) < 4.78 is 0. The molecule has 0 aliphatic carbocycles. The fourth-order valence-electron chi connectivity index (χ4n) is 1.22. The number of carbonyl (C=O) groups is 1. The van der Waals surface area contributed by atoms with Gasteiger partial charge in [0.05, 0.1) is 17.8 Å². The predicted molar refractivity (Wildman–Crippen MR) is 55.8 cm³/mol. The van der Waals surface area contributed by atoms with Crippen molar-refractivity contribution < 1.29 is 9.90 Å². The number of aliphatic carboxylic acids is 1. The number of carboxylic acid groups (broad SMARTS) is 1. The Bertz CT molecular complexity index is 476. The van der Waals surface area contributed by atoms with Crippen LogP contribution in [-0.2, 0) is 11.2 Å². The molecule has 0 saturated heterocycles. The number of carboxylic acids is 1. The molecular formula is C9H9N3O2S. The van der Waals surface area contributed by atoms with Crippen molar-refractivity contribution in [1.82, 2.24) is 15.2 Å². The Morgan fingerprint density at radius 3 is 3.07 bits per heavy atom. The van der Waals surface area contributed by atoms with Crippen LogP contribution >= 0.6 is 11.3 Å². The van der Waals surface area contributed by atoms with Crippen molar-refractivity contribution in [2.45, 2.75) is 13.3 Å². The Morgan fingerprint density at radius 2 is 2.47 bits per heavy atom. The molecule has 0 aliphatic rings. The summed E-state index contributed by atoms with van der Waals surface area (Å²) in [6.07, 6.45) is 1.67. The van der Waals surface area contributed by atoms with Gasteiger partial charge in [0.1, 0.15) is 5.01 Å². The van der Waals surface area contributed by atoms with Crippen LogP contribution < -0.4 is 0 Å². The van der Waals surface area contributed by atoms with Crippen LogP contribution in [0.4, 0.5) is 0 Å². The van der Waals surface area contributed by atoms with Crippen LogP contribution in [0.25, 0.3) is 10.7 Å². The van der Waals surface area contributed by atoms with E-state index >= 15 is 0 Å². The number of aromatic amines is 1. The van der Waals surface area contributed by atoms with E-state index in [2.05, 4.69) is 15.2 Å². The first-order valence-corrected chi connectivity index (χ1v) is 5.16. The average molecular weight is 223 g/mol. The number of H-pyrrole nitrogens is 1. The Hall–Kier alpha value is -1.69. The highest BCUT2D eigenvalue weighted by Gasteiger charge is 2.12. The van der Waals surface area contributed by atoms with Crippen LogP contribution in [0.3, 0.4) is 0 Å². The molecule has 2 aromatic rings. The third-order valence-electron chi connectivity index (χ3n) is 1.94. The molecule has 0 radical (unpaired) electrons. The van der Waals surface area contributed by atoms with Gasteiger partial charge >= 0.3 is 5.97 Å². The van der Waals surface area contributed by atoms with E-state index in [1.165, 1.54) is 11.3 Å². The highest BCUT2D eigenvalue weighted by molar-refractivity contribution is 7.15. The summed E-state index contributed by atoms with van der Waals surface area (Å²) in [5.74, 6) is -0.835. The van der Waals surface area contributed by atoms with Gasteiger partial charge in [0, 0.05) is 11.1 Å². The Labute approximate surface area is 89.8 Å². The highest BCUT2D eigenvalue weighted by Crippen LogP contribution is 2.26. The molecule has 0 aliphatic heterocycles. The zero-order valence-electron chi connectivity index (χ0n) is 8.02. The van der Waals surface area contributed by atoms with E-state index in [1.54, 1.807) is 6.20 Å². The van der Waals surface area contributed by atoms with E-state index < -0.39 is 5.97 Å². The molecule has 15 heavy (non-hydrogen) atoms. The molecule has 2 rings (SSSR count). The first kappa shape index (κ1) is 9.85. The second-order valence-electron chi connectivity index (χ2n) is 3.07. The second kappa shape index (κ2) is 3.82. The third kappa shape index (κ3) is 2.04. The molecule has 5 nitrogen and oxygen atoms in total. The lowest BCUT2D eigenvalue weighted by Crippen LogP contribution is -1.99. The molecule has 0 atom stereocenters. The van der Waals surface area contributed by atoms with Gasteiger partial charge in [-0.05, 0) is 13.0 Å². The van der Waals surface area contributed by atoms with Gasteiger partial charge in [-0.3, -0.25) is 9.89 Å². The smallest absolute Gasteiger partial charge is 0.308 e. The lowest BCUT2D eigenvalue weighted by Gasteiger charge is -1.89. The number of rotatable bonds is 3. The molecule has 0 saturated carbocycles. The van der Waals surface area contributed by atoms with Crippen LogP contribution in [0, 0.1) is 6.92 Å². The molecule has 78 valence electrons. The highest BCUT2D eigenvalue weighted by atomic mass is 32.1. The number of hydrogen-bond donors (Lipinski definition) is 2. The van der Waals surface area contributed by atoms with Gasteiger partial charge in [-0.25, -0.2) is 4.98 Å². The van der Waals surface area contributed by atoms with Gasteiger partial charge in [-0.1, -0.05) is 0 Å². The van der Waals surface area contributed by atoms with Gasteiger partial charge in [0.25, 0.3) is 0 Å². The number of hydrogen-bond acceptors (Lipinski definition) is 4. The minimum Gasteiger partial charge on any atom is -0.481 e. The molecule has 0 unspecified atom stereocenters. The van der Waals surface area contributed by atoms with E-state index in [-0.39, 0.29) is 6.42 Å². The zero-order chi connectivity index (χ0) is 10.8. The number of nitrogens with one attached hydrogen (secondary N) is 1. The van der Waals surface area contributed by atoms with Gasteiger partial charge in [0.15, 0.2) is 0 Å². The predicted octanol–water partition coefficient (Wildman–Crippen LogP) is 1.47. The van der Waals surface area contributed by atoms with Crippen LogP contribution in [0.15, 0.2) is 12.3 Å². The molecule has 0 aromatic carbocycles. The van der Waals surface area contributed by atoms with Crippen molar-refractivity contribution in [3.8, 4) is 10.7 Å². The average Bonchev–Trinajstić information content (AvgIpc) is 2.75. The summed E-state index contributed by atoms with van der Waals surface area (Å²) in [5.41, 5.74) is 1.59. The van der Waals surface area contributed by atoms with Crippen molar-refractivity contribution in [3.63, 3.8) is 0 Å². The quantitative estimate of drug-likeness (QED) is 0.825. The van der Waals surface area contributed by atoms with Crippen LogP contribution in [0.2, 0.25) is 0 Å². The number of nitrogens with zero attached hydrogens (tertiary/aromatic N) is 2. The molecule has 0 bridgehead atoms. The molecule has 6 heteroatoms. The van der Waals surface area contributed by atoms with Gasteiger partial charge < -0.3 is 5.11 Å². The van der Waals surface area contributed by atoms with E-state index in [0.717, 1.165) is 21.3 Å². The van der Waals surface area contributed by atoms with Crippen LogP contribution in [0.1, 0.15) is 10.6 Å². The first-order valence-electron chi connectivity index (χ1n) is 4.34. The summed E-state index contributed by atoms with van der Waals surface area (Å²) in [5, 5.41) is 16.1. The van der Waals surface area contributed by atoms with Crippen molar-refractivity contribution in [2.24, 2.45) is 0 Å². The summed E-state index contributed by atoms with van der Waals surface area (Å²) in [6.45, 7) is 1.81. The molecule has 0 spiro atoms. The standard InChI is InChI=1S/C9H9N3O2S/c1-5-7(4-8(13)14)15-9(11-5)6-2-3-10-12-6/h2-3H,4H2,1H3,(H,10,12)(H,13,14). The van der Waals surface area contributed by atoms with Crippen molar-refractivity contribution in [2.75, 3.05) is 0 Å². The van der Waals surface area contributed by atoms with E-state index in [4.69, 9.17) is 5.11 Å². The molecule has 2 heterocycles. The van der Waals surface area contributed by atoms with Crippen LogP contribution in [0.5, 0.6) is 0 Å². The normalized spacial score (nSPS) is 10.5. The second-order valence-corrected chi connectivity index (χ2v) is 4.15. The summed E-state index contributed by atoms with van der Waals surface area (Å²) in [6, 6.07) is 1.81. The first-order chi connectivity index (χ1) is 7.16. The Morgan fingerprint density at radius 1 is 1.67 bits per heavy atom. The molecular weight excluding hydrogens is 214 g/mol. The lowest BCUT2D eigenvalue weighted by molar-refractivity contribution is -0.136. The summed E-state index contributed by atoms with van der Waals surface area (Å²) in [4.78, 5) is 15.6. The topological polar surface area (TPSA) is 78.9 Å². The fraction of sp³-hybridized carbons (Fsp3) is 0.222. The summed E-state index contributed by atoms with van der Waals surface area (Å²) >= 11 is 1.38. The molecule has 2 aromatic heterocycles. The largest absolute Gasteiger partial charge is 0.481 e. The van der Waals surface area contributed by atoms with Crippen LogP contribution in [-0.4, -0.2) is 26.3 Å². The minimum absolute atomic E-state index is 0.0254. The van der Waals surface area contributed by atoms with E-state index in [9.17, 15) is 4.79 Å². The van der Waals surface area contributed by atoms with Crippen molar-refractivity contribution in [3.05, 3.63) is 22.8 Å². The maximum absolute atomic E-state index is 10.6. The molecule has 0 amide bonds. The number of thiazole rings is 1. The van der Waals surface area contributed by atoms with E-state index in [0.29, 0.717) is 0 Å². The SMILES string of the molecule is Cc1nc(-c2ccn[nH]2)sc1CC(=O)O. The van der Waals surface area contributed by atoms with Crippen molar-refractivity contribution in [1.29, 1.82) is 0 Å². The Balaban J connectivity index is 2.33. The van der Waals surface area contributed by atoms with Gasteiger partial charge in [-0.15, -0.1) is 11.3 Å².